The van der Waals surface area contributed by atoms with Gasteiger partial charge < -0.3 is 4.90 Å². The van der Waals surface area contributed by atoms with Crippen molar-refractivity contribution in [2.75, 3.05) is 4.90 Å². The smallest absolute Gasteiger partial charge is 0.152 e. The molecule has 3 aromatic rings. The molecule has 0 atom stereocenters. The molecule has 0 fully saturated rings. The number of carbonyl (C=O) groups excluding carboxylic acids is 1. The summed E-state index contributed by atoms with van der Waals surface area (Å²) in [5.41, 5.74) is 3.14. The SMILES string of the molecule is O=Cc1ccccc1N(Cc1ccccc1)c1c(Cl)cccc1Cl. The Kier molecular flexibility index (Phi) is 5.19. The summed E-state index contributed by atoms with van der Waals surface area (Å²) in [5.74, 6) is 0. The Morgan fingerprint density at radius 1 is 0.792 bits per heavy atom. The third-order valence-electron chi connectivity index (χ3n) is 3.75. The minimum absolute atomic E-state index is 0.541. The van der Waals surface area contributed by atoms with Crippen molar-refractivity contribution in [2.24, 2.45) is 0 Å². The van der Waals surface area contributed by atoms with Crippen LogP contribution in [0.25, 0.3) is 0 Å². The minimum atomic E-state index is 0.541. The molecule has 0 saturated heterocycles. The van der Waals surface area contributed by atoms with E-state index in [-0.39, 0.29) is 0 Å². The number of rotatable bonds is 5. The van der Waals surface area contributed by atoms with Crippen LogP contribution in [0.5, 0.6) is 0 Å². The first-order valence-corrected chi connectivity index (χ1v) is 8.26. The molecule has 3 rings (SSSR count). The third kappa shape index (κ3) is 3.45. The normalized spacial score (nSPS) is 10.4. The maximum atomic E-state index is 11.5. The number of anilines is 2. The topological polar surface area (TPSA) is 20.3 Å². The number of para-hydroxylation sites is 2. The predicted octanol–water partition coefficient (Wildman–Crippen LogP) is 6.14. The van der Waals surface area contributed by atoms with Gasteiger partial charge in [0.2, 0.25) is 0 Å². The molecule has 0 spiro atoms. The Bertz CT molecular complexity index is 829. The Morgan fingerprint density at radius 3 is 2.08 bits per heavy atom. The number of hydrogen-bond acceptors (Lipinski definition) is 2. The summed E-state index contributed by atoms with van der Waals surface area (Å²) in [6.07, 6.45) is 0.845. The van der Waals surface area contributed by atoms with Gasteiger partial charge in [0.15, 0.2) is 6.29 Å². The highest BCUT2D eigenvalue weighted by molar-refractivity contribution is 6.39. The van der Waals surface area contributed by atoms with Gasteiger partial charge in [-0.2, -0.15) is 0 Å². The fourth-order valence-corrected chi connectivity index (χ4v) is 3.23. The zero-order valence-corrected chi connectivity index (χ0v) is 14.3. The van der Waals surface area contributed by atoms with Gasteiger partial charge in [-0.1, -0.05) is 71.7 Å². The molecule has 0 aliphatic carbocycles. The second-order valence-electron chi connectivity index (χ2n) is 5.32. The molecule has 4 heteroatoms. The molecule has 0 heterocycles. The third-order valence-corrected chi connectivity index (χ3v) is 4.36. The fourth-order valence-electron chi connectivity index (χ4n) is 2.63. The molecule has 3 aromatic carbocycles. The number of benzene rings is 3. The molecule has 120 valence electrons. The van der Waals surface area contributed by atoms with Crippen LogP contribution in [-0.2, 0) is 6.54 Å². The van der Waals surface area contributed by atoms with Crippen LogP contribution < -0.4 is 4.90 Å². The summed E-state index contributed by atoms with van der Waals surface area (Å²) < 4.78 is 0. The second-order valence-corrected chi connectivity index (χ2v) is 6.13. The molecule has 0 N–H and O–H groups in total. The van der Waals surface area contributed by atoms with Gasteiger partial charge in [0, 0.05) is 12.1 Å². The van der Waals surface area contributed by atoms with E-state index in [4.69, 9.17) is 23.2 Å². The van der Waals surface area contributed by atoms with Crippen molar-refractivity contribution < 1.29 is 4.79 Å². The number of aldehydes is 1. The van der Waals surface area contributed by atoms with Crippen LogP contribution in [0.4, 0.5) is 11.4 Å². The van der Waals surface area contributed by atoms with Crippen LogP contribution in [0.1, 0.15) is 15.9 Å². The van der Waals surface area contributed by atoms with Crippen LogP contribution in [-0.4, -0.2) is 6.29 Å². The second kappa shape index (κ2) is 7.52. The molecular formula is C20H15Cl2NO. The number of nitrogens with zero attached hydrogens (tertiary/aromatic N) is 1. The highest BCUT2D eigenvalue weighted by Gasteiger charge is 2.19. The molecule has 0 aliphatic rings. The first kappa shape index (κ1) is 16.6. The van der Waals surface area contributed by atoms with Crippen molar-refractivity contribution in [2.45, 2.75) is 6.54 Å². The van der Waals surface area contributed by atoms with Crippen molar-refractivity contribution >= 4 is 40.9 Å². The fraction of sp³-hybridized carbons (Fsp3) is 0.0500. The lowest BCUT2D eigenvalue weighted by Gasteiger charge is -2.28. The van der Waals surface area contributed by atoms with Gasteiger partial charge in [0.25, 0.3) is 0 Å². The van der Waals surface area contributed by atoms with Crippen molar-refractivity contribution in [3.8, 4) is 0 Å². The highest BCUT2D eigenvalue weighted by Crippen LogP contribution is 2.39. The first-order chi connectivity index (χ1) is 11.7. The van der Waals surface area contributed by atoms with E-state index < -0.39 is 0 Å². The van der Waals surface area contributed by atoms with E-state index in [2.05, 4.69) is 0 Å². The molecular weight excluding hydrogens is 341 g/mol. The summed E-state index contributed by atoms with van der Waals surface area (Å²) in [5, 5.41) is 1.08. The Hall–Kier alpha value is -2.29. The molecule has 0 radical (unpaired) electrons. The monoisotopic (exact) mass is 355 g/mol. The molecule has 0 aliphatic heterocycles. The minimum Gasteiger partial charge on any atom is -0.334 e. The lowest BCUT2D eigenvalue weighted by atomic mass is 10.1. The number of carbonyl (C=O) groups is 1. The lowest BCUT2D eigenvalue weighted by molar-refractivity contribution is 0.112. The summed E-state index contributed by atoms with van der Waals surface area (Å²) in [6, 6.07) is 22.8. The van der Waals surface area contributed by atoms with E-state index in [1.165, 1.54) is 0 Å². The summed E-state index contributed by atoms with van der Waals surface area (Å²) in [7, 11) is 0. The summed E-state index contributed by atoms with van der Waals surface area (Å²) in [6.45, 7) is 0.551. The van der Waals surface area contributed by atoms with Crippen molar-refractivity contribution in [1.82, 2.24) is 0 Å². The highest BCUT2D eigenvalue weighted by atomic mass is 35.5. The average molecular weight is 356 g/mol. The molecule has 0 aromatic heterocycles. The van der Waals surface area contributed by atoms with Crippen LogP contribution in [0, 0.1) is 0 Å². The van der Waals surface area contributed by atoms with Gasteiger partial charge >= 0.3 is 0 Å². The molecule has 0 amide bonds. The summed E-state index contributed by atoms with van der Waals surface area (Å²) in [4.78, 5) is 13.5. The molecule has 0 unspecified atom stereocenters. The van der Waals surface area contributed by atoms with Gasteiger partial charge in [-0.05, 0) is 29.8 Å². The Morgan fingerprint density at radius 2 is 1.42 bits per heavy atom. The van der Waals surface area contributed by atoms with E-state index in [0.29, 0.717) is 27.8 Å². The van der Waals surface area contributed by atoms with Gasteiger partial charge in [-0.25, -0.2) is 0 Å². The van der Waals surface area contributed by atoms with E-state index in [1.807, 2.05) is 53.4 Å². The maximum Gasteiger partial charge on any atom is 0.152 e. The van der Waals surface area contributed by atoms with Crippen molar-refractivity contribution in [3.63, 3.8) is 0 Å². The van der Waals surface area contributed by atoms with E-state index in [0.717, 1.165) is 17.5 Å². The lowest BCUT2D eigenvalue weighted by Crippen LogP contribution is -2.18. The Balaban J connectivity index is 2.16. The number of hydrogen-bond donors (Lipinski definition) is 0. The van der Waals surface area contributed by atoms with Crippen molar-refractivity contribution in [1.29, 1.82) is 0 Å². The van der Waals surface area contributed by atoms with Crippen LogP contribution in [0.2, 0.25) is 10.0 Å². The average Bonchev–Trinajstić information content (AvgIpc) is 2.61. The summed E-state index contributed by atoms with van der Waals surface area (Å²) >= 11 is 12.8. The molecule has 0 bridgehead atoms. The predicted molar refractivity (Wildman–Crippen MR) is 101 cm³/mol. The van der Waals surface area contributed by atoms with Gasteiger partial charge in [0.1, 0.15) is 0 Å². The zero-order chi connectivity index (χ0) is 16.9. The maximum absolute atomic E-state index is 11.5. The van der Waals surface area contributed by atoms with E-state index >= 15 is 0 Å². The van der Waals surface area contributed by atoms with Gasteiger partial charge in [-0.3, -0.25) is 4.79 Å². The molecule has 0 saturated carbocycles. The molecule has 24 heavy (non-hydrogen) atoms. The van der Waals surface area contributed by atoms with Crippen molar-refractivity contribution in [3.05, 3.63) is 94.0 Å². The molecule has 2 nitrogen and oxygen atoms in total. The standard InChI is InChI=1S/C20H15Cl2NO/c21-17-10-6-11-18(22)20(17)23(13-15-7-2-1-3-8-15)19-12-5-4-9-16(19)14-24/h1-12,14H,13H2. The van der Waals surface area contributed by atoms with E-state index in [1.54, 1.807) is 24.3 Å². The first-order valence-electron chi connectivity index (χ1n) is 7.50. The van der Waals surface area contributed by atoms with Crippen LogP contribution >= 0.6 is 23.2 Å². The van der Waals surface area contributed by atoms with E-state index in [9.17, 15) is 4.79 Å². The quantitative estimate of drug-likeness (QED) is 0.512. The largest absolute Gasteiger partial charge is 0.334 e. The van der Waals surface area contributed by atoms with Crippen LogP contribution in [0.15, 0.2) is 72.8 Å². The van der Waals surface area contributed by atoms with Gasteiger partial charge in [0.05, 0.1) is 21.4 Å². The number of halogens is 2. The Labute approximate surface area is 151 Å². The zero-order valence-electron chi connectivity index (χ0n) is 12.8. The van der Waals surface area contributed by atoms with Crippen LogP contribution in [0.3, 0.4) is 0 Å². The van der Waals surface area contributed by atoms with Gasteiger partial charge in [-0.15, -0.1) is 0 Å².